The third kappa shape index (κ3) is 8.05. The summed E-state index contributed by atoms with van der Waals surface area (Å²) in [6.07, 6.45) is 1.11. The summed E-state index contributed by atoms with van der Waals surface area (Å²) >= 11 is 1.91. The summed E-state index contributed by atoms with van der Waals surface area (Å²) in [7, 11) is 0. The highest BCUT2D eigenvalue weighted by Crippen LogP contribution is 2.07. The maximum atomic E-state index is 5.57. The molecule has 0 saturated heterocycles. The highest BCUT2D eigenvalue weighted by Gasteiger charge is 1.93. The highest BCUT2D eigenvalue weighted by molar-refractivity contribution is 7.99. The third-order valence-corrected chi connectivity index (χ3v) is 2.29. The van der Waals surface area contributed by atoms with Crippen LogP contribution in [0.5, 0.6) is 0 Å². The van der Waals surface area contributed by atoms with Gasteiger partial charge in [0, 0.05) is 11.8 Å². The van der Waals surface area contributed by atoms with Crippen molar-refractivity contribution in [1.29, 1.82) is 0 Å². The summed E-state index contributed by atoms with van der Waals surface area (Å²) in [6, 6.07) is 0.345. The van der Waals surface area contributed by atoms with Crippen LogP contribution in [0.3, 0.4) is 0 Å². The van der Waals surface area contributed by atoms with Gasteiger partial charge in [-0.15, -0.1) is 0 Å². The Balaban J connectivity index is 2.98. The molecule has 0 aromatic heterocycles. The second kappa shape index (κ2) is 5.81. The molecule has 0 spiro atoms. The van der Waals surface area contributed by atoms with Crippen LogP contribution in [0.2, 0.25) is 0 Å². The Hall–Kier alpha value is 0.0500. The van der Waals surface area contributed by atoms with Gasteiger partial charge >= 0.3 is 0 Å². The summed E-state index contributed by atoms with van der Waals surface area (Å²) < 4.78 is 0. The SMILES string of the molecule is C=C(C)CSCCC(C)N. The molecular weight excluding hydrogens is 142 g/mol. The molecule has 0 aliphatic carbocycles. The number of rotatable bonds is 5. The standard InChI is InChI=1S/C8H17NS/c1-7(2)6-10-5-4-8(3)9/h8H,1,4-6,9H2,2-3H3. The number of hydrogen-bond donors (Lipinski definition) is 1. The molecular formula is C8H17NS. The van der Waals surface area contributed by atoms with Gasteiger partial charge in [-0.1, -0.05) is 12.2 Å². The molecule has 0 bridgehead atoms. The minimum atomic E-state index is 0.345. The molecule has 2 heteroatoms. The van der Waals surface area contributed by atoms with E-state index in [1.54, 1.807) is 0 Å². The molecule has 0 fully saturated rings. The lowest BCUT2D eigenvalue weighted by Crippen LogP contribution is -2.15. The minimum absolute atomic E-state index is 0.345. The Kier molecular flexibility index (Phi) is 5.84. The molecule has 0 heterocycles. The first-order chi connectivity index (χ1) is 4.63. The second-order valence-electron chi connectivity index (χ2n) is 2.78. The Morgan fingerprint density at radius 1 is 1.70 bits per heavy atom. The van der Waals surface area contributed by atoms with E-state index < -0.39 is 0 Å². The van der Waals surface area contributed by atoms with Gasteiger partial charge in [0.2, 0.25) is 0 Å². The lowest BCUT2D eigenvalue weighted by Gasteiger charge is -2.03. The van der Waals surface area contributed by atoms with Gasteiger partial charge in [0.05, 0.1) is 0 Å². The fourth-order valence-corrected chi connectivity index (χ4v) is 1.55. The zero-order valence-electron chi connectivity index (χ0n) is 6.89. The van der Waals surface area contributed by atoms with E-state index in [1.165, 1.54) is 5.57 Å². The van der Waals surface area contributed by atoms with Crippen molar-refractivity contribution in [2.75, 3.05) is 11.5 Å². The summed E-state index contributed by atoms with van der Waals surface area (Å²) in [5.74, 6) is 2.23. The van der Waals surface area contributed by atoms with E-state index in [0.29, 0.717) is 6.04 Å². The lowest BCUT2D eigenvalue weighted by atomic mass is 10.3. The summed E-state index contributed by atoms with van der Waals surface area (Å²) in [4.78, 5) is 0. The average molecular weight is 159 g/mol. The fraction of sp³-hybridized carbons (Fsp3) is 0.750. The molecule has 60 valence electrons. The predicted octanol–water partition coefficient (Wildman–Crippen LogP) is 2.03. The average Bonchev–Trinajstić information content (AvgIpc) is 1.79. The number of hydrogen-bond acceptors (Lipinski definition) is 2. The first-order valence-electron chi connectivity index (χ1n) is 3.60. The number of thioether (sulfide) groups is 1. The molecule has 0 radical (unpaired) electrons. The van der Waals surface area contributed by atoms with Gasteiger partial charge in [-0.3, -0.25) is 0 Å². The van der Waals surface area contributed by atoms with Crippen LogP contribution in [-0.4, -0.2) is 17.5 Å². The van der Waals surface area contributed by atoms with Gasteiger partial charge in [-0.2, -0.15) is 11.8 Å². The molecule has 2 N–H and O–H groups in total. The molecule has 0 rings (SSSR count). The van der Waals surface area contributed by atoms with Crippen LogP contribution < -0.4 is 5.73 Å². The van der Waals surface area contributed by atoms with Crippen molar-refractivity contribution in [3.8, 4) is 0 Å². The third-order valence-electron chi connectivity index (χ3n) is 1.07. The molecule has 0 saturated carbocycles. The van der Waals surface area contributed by atoms with Crippen molar-refractivity contribution in [3.63, 3.8) is 0 Å². The van der Waals surface area contributed by atoms with E-state index in [9.17, 15) is 0 Å². The Morgan fingerprint density at radius 3 is 2.70 bits per heavy atom. The first-order valence-corrected chi connectivity index (χ1v) is 4.76. The monoisotopic (exact) mass is 159 g/mol. The number of nitrogens with two attached hydrogens (primary N) is 1. The van der Waals surface area contributed by atoms with Gasteiger partial charge in [0.15, 0.2) is 0 Å². The lowest BCUT2D eigenvalue weighted by molar-refractivity contribution is 0.721. The molecule has 0 aromatic carbocycles. The van der Waals surface area contributed by atoms with Crippen LogP contribution in [0.4, 0.5) is 0 Å². The molecule has 0 aliphatic rings. The van der Waals surface area contributed by atoms with Crippen molar-refractivity contribution in [2.24, 2.45) is 5.73 Å². The highest BCUT2D eigenvalue weighted by atomic mass is 32.2. The van der Waals surface area contributed by atoms with Crippen LogP contribution in [0.1, 0.15) is 20.3 Å². The van der Waals surface area contributed by atoms with E-state index in [2.05, 4.69) is 13.5 Å². The fourth-order valence-electron chi connectivity index (χ4n) is 0.516. The largest absolute Gasteiger partial charge is 0.328 e. The van der Waals surface area contributed by atoms with Gasteiger partial charge < -0.3 is 5.73 Å². The summed E-state index contributed by atoms with van der Waals surface area (Å²) in [5.41, 5.74) is 6.82. The van der Waals surface area contributed by atoms with Crippen LogP contribution in [-0.2, 0) is 0 Å². The van der Waals surface area contributed by atoms with E-state index in [-0.39, 0.29) is 0 Å². The molecule has 0 amide bonds. The van der Waals surface area contributed by atoms with E-state index >= 15 is 0 Å². The summed E-state index contributed by atoms with van der Waals surface area (Å²) in [6.45, 7) is 7.92. The van der Waals surface area contributed by atoms with E-state index in [4.69, 9.17) is 5.73 Å². The predicted molar refractivity (Wildman–Crippen MR) is 50.4 cm³/mol. The molecule has 1 nitrogen and oxygen atoms in total. The van der Waals surface area contributed by atoms with Crippen LogP contribution in [0.15, 0.2) is 12.2 Å². The smallest absolute Gasteiger partial charge is 0.0137 e. The van der Waals surface area contributed by atoms with Crippen molar-refractivity contribution in [1.82, 2.24) is 0 Å². The van der Waals surface area contributed by atoms with Crippen molar-refractivity contribution < 1.29 is 0 Å². The van der Waals surface area contributed by atoms with Crippen molar-refractivity contribution in [3.05, 3.63) is 12.2 Å². The minimum Gasteiger partial charge on any atom is -0.328 e. The topological polar surface area (TPSA) is 26.0 Å². The Bertz CT molecular complexity index is 99.4. The Labute approximate surface area is 68.1 Å². The zero-order valence-corrected chi connectivity index (χ0v) is 7.71. The quantitative estimate of drug-likeness (QED) is 0.490. The normalized spacial score (nSPS) is 13.1. The van der Waals surface area contributed by atoms with Crippen molar-refractivity contribution in [2.45, 2.75) is 26.3 Å². The summed E-state index contributed by atoms with van der Waals surface area (Å²) in [5, 5.41) is 0. The molecule has 0 aliphatic heterocycles. The van der Waals surface area contributed by atoms with Crippen LogP contribution in [0, 0.1) is 0 Å². The maximum Gasteiger partial charge on any atom is 0.0137 e. The van der Waals surface area contributed by atoms with E-state index in [1.807, 2.05) is 18.7 Å². The molecule has 1 atom stereocenters. The molecule has 10 heavy (non-hydrogen) atoms. The molecule has 0 aromatic rings. The van der Waals surface area contributed by atoms with E-state index in [0.717, 1.165) is 17.9 Å². The Morgan fingerprint density at radius 2 is 2.30 bits per heavy atom. The van der Waals surface area contributed by atoms with Gasteiger partial charge in [-0.25, -0.2) is 0 Å². The molecule has 1 unspecified atom stereocenters. The van der Waals surface area contributed by atoms with Gasteiger partial charge in [-0.05, 0) is 26.0 Å². The van der Waals surface area contributed by atoms with Gasteiger partial charge in [0.1, 0.15) is 0 Å². The van der Waals surface area contributed by atoms with Crippen molar-refractivity contribution >= 4 is 11.8 Å². The first kappa shape index (κ1) is 10.0. The van der Waals surface area contributed by atoms with Gasteiger partial charge in [0.25, 0.3) is 0 Å². The second-order valence-corrected chi connectivity index (χ2v) is 3.88. The van der Waals surface area contributed by atoms with Crippen LogP contribution >= 0.6 is 11.8 Å². The maximum absolute atomic E-state index is 5.57. The van der Waals surface area contributed by atoms with Crippen LogP contribution in [0.25, 0.3) is 0 Å². The zero-order chi connectivity index (χ0) is 7.98.